The molecule has 3 rings (SSSR count). The van der Waals surface area contributed by atoms with Crippen LogP contribution in [0.3, 0.4) is 0 Å². The Balaban J connectivity index is 1.39. The molecule has 1 aromatic carbocycles. The monoisotopic (exact) mass is 435 g/mol. The predicted octanol–water partition coefficient (Wildman–Crippen LogP) is 3.32. The summed E-state index contributed by atoms with van der Waals surface area (Å²) in [6.07, 6.45) is -2.32. The van der Waals surface area contributed by atoms with Crippen molar-refractivity contribution < 1.29 is 22.8 Å². The van der Waals surface area contributed by atoms with E-state index in [2.05, 4.69) is 20.9 Å². The minimum atomic E-state index is -4.41. The van der Waals surface area contributed by atoms with E-state index in [4.69, 9.17) is 0 Å². The third-order valence-corrected chi connectivity index (χ3v) is 4.94. The molecule has 1 aromatic heterocycles. The molecule has 0 unspecified atom stereocenters. The van der Waals surface area contributed by atoms with Crippen LogP contribution in [0.1, 0.15) is 24.0 Å². The van der Waals surface area contributed by atoms with Gasteiger partial charge in [0.1, 0.15) is 5.82 Å². The number of nitrogens with one attached hydrogen (secondary N) is 3. The molecule has 3 N–H and O–H groups in total. The summed E-state index contributed by atoms with van der Waals surface area (Å²) in [6, 6.07) is 9.15. The van der Waals surface area contributed by atoms with E-state index in [1.54, 1.807) is 6.07 Å². The van der Waals surface area contributed by atoms with E-state index in [-0.39, 0.29) is 18.5 Å². The zero-order valence-corrected chi connectivity index (χ0v) is 17.0. The number of hydrogen-bond acceptors (Lipinski definition) is 4. The summed E-state index contributed by atoms with van der Waals surface area (Å²) >= 11 is 0. The van der Waals surface area contributed by atoms with Gasteiger partial charge in [-0.2, -0.15) is 13.2 Å². The van der Waals surface area contributed by atoms with Gasteiger partial charge >= 0.3 is 12.2 Å². The number of anilines is 2. The molecule has 0 spiro atoms. The SMILES string of the molecule is Cc1cccc(NC(=O)NCC(=O)NC2CCN(c3ccc(C(F)(F)F)cn3)CC2)c1. The second-order valence-electron chi connectivity index (χ2n) is 7.41. The van der Waals surface area contributed by atoms with Crippen molar-refractivity contribution in [2.24, 2.45) is 0 Å². The van der Waals surface area contributed by atoms with Gasteiger partial charge in [0, 0.05) is 31.0 Å². The summed E-state index contributed by atoms with van der Waals surface area (Å²) in [7, 11) is 0. The van der Waals surface area contributed by atoms with Gasteiger partial charge in [0.2, 0.25) is 5.91 Å². The lowest BCUT2D eigenvalue weighted by Gasteiger charge is -2.33. The number of piperidine rings is 1. The summed E-state index contributed by atoms with van der Waals surface area (Å²) in [5, 5.41) is 8.05. The Morgan fingerprint density at radius 2 is 1.90 bits per heavy atom. The fourth-order valence-electron chi connectivity index (χ4n) is 3.33. The van der Waals surface area contributed by atoms with E-state index in [9.17, 15) is 22.8 Å². The van der Waals surface area contributed by atoms with Crippen LogP contribution in [-0.2, 0) is 11.0 Å². The summed E-state index contributed by atoms with van der Waals surface area (Å²) in [5.74, 6) is 0.178. The lowest BCUT2D eigenvalue weighted by molar-refractivity contribution is -0.137. The number of carbonyl (C=O) groups excluding carboxylic acids is 2. The smallest absolute Gasteiger partial charge is 0.356 e. The predicted molar refractivity (Wildman–Crippen MR) is 111 cm³/mol. The summed E-state index contributed by atoms with van der Waals surface area (Å²) in [4.78, 5) is 29.8. The topological polar surface area (TPSA) is 86.4 Å². The van der Waals surface area contributed by atoms with E-state index >= 15 is 0 Å². The normalized spacial score (nSPS) is 14.8. The van der Waals surface area contributed by atoms with Crippen molar-refractivity contribution in [3.63, 3.8) is 0 Å². The highest BCUT2D eigenvalue weighted by molar-refractivity contribution is 5.92. The lowest BCUT2D eigenvalue weighted by atomic mass is 10.0. The van der Waals surface area contributed by atoms with Crippen LogP contribution in [-0.4, -0.2) is 42.6 Å². The van der Waals surface area contributed by atoms with Gasteiger partial charge in [0.05, 0.1) is 12.1 Å². The first-order valence-corrected chi connectivity index (χ1v) is 9.90. The molecule has 10 heteroatoms. The number of rotatable bonds is 5. The van der Waals surface area contributed by atoms with Crippen LogP contribution < -0.4 is 20.9 Å². The van der Waals surface area contributed by atoms with Gasteiger partial charge in [0.15, 0.2) is 0 Å². The van der Waals surface area contributed by atoms with Crippen LogP contribution in [0.5, 0.6) is 0 Å². The molecule has 1 fully saturated rings. The van der Waals surface area contributed by atoms with E-state index < -0.39 is 17.8 Å². The van der Waals surface area contributed by atoms with E-state index in [0.29, 0.717) is 37.4 Å². The lowest BCUT2D eigenvalue weighted by Crippen LogP contribution is -2.48. The zero-order valence-electron chi connectivity index (χ0n) is 17.0. The Morgan fingerprint density at radius 1 is 1.16 bits per heavy atom. The Bertz CT molecular complexity index is 910. The molecule has 2 aromatic rings. The maximum Gasteiger partial charge on any atom is 0.417 e. The molecule has 31 heavy (non-hydrogen) atoms. The number of amides is 3. The van der Waals surface area contributed by atoms with Crippen molar-refractivity contribution in [1.82, 2.24) is 15.6 Å². The number of alkyl halides is 3. The fraction of sp³-hybridized carbons (Fsp3) is 0.381. The molecule has 7 nitrogen and oxygen atoms in total. The minimum Gasteiger partial charge on any atom is -0.356 e. The molecule has 3 amide bonds. The van der Waals surface area contributed by atoms with Crippen molar-refractivity contribution in [3.8, 4) is 0 Å². The standard InChI is InChI=1S/C21H24F3N5O2/c1-14-3-2-4-17(11-14)28-20(31)26-13-19(30)27-16-7-9-29(10-8-16)18-6-5-15(12-25-18)21(22,23)24/h2-6,11-12,16H,7-10,13H2,1H3,(H,27,30)(H2,26,28,31). The van der Waals surface area contributed by atoms with Crippen molar-refractivity contribution >= 4 is 23.4 Å². The molecule has 1 saturated heterocycles. The van der Waals surface area contributed by atoms with Gasteiger partial charge in [0.25, 0.3) is 0 Å². The first kappa shape index (κ1) is 22.4. The third-order valence-electron chi connectivity index (χ3n) is 4.94. The van der Waals surface area contributed by atoms with Crippen molar-refractivity contribution in [2.45, 2.75) is 32.0 Å². The maximum absolute atomic E-state index is 12.6. The second kappa shape index (κ2) is 9.67. The molecule has 1 aliphatic rings. The number of hydrogen-bond donors (Lipinski definition) is 3. The molecule has 0 atom stereocenters. The number of urea groups is 1. The number of aromatic nitrogens is 1. The quantitative estimate of drug-likeness (QED) is 0.673. The first-order valence-electron chi connectivity index (χ1n) is 9.90. The molecule has 166 valence electrons. The van der Waals surface area contributed by atoms with Gasteiger partial charge in [-0.3, -0.25) is 4.79 Å². The minimum absolute atomic E-state index is 0.0696. The molecular formula is C21H24F3N5O2. The number of pyridine rings is 1. The van der Waals surface area contributed by atoms with Gasteiger partial charge in [-0.05, 0) is 49.6 Å². The van der Waals surface area contributed by atoms with Crippen LogP contribution in [0, 0.1) is 6.92 Å². The number of carbonyl (C=O) groups is 2. The first-order chi connectivity index (χ1) is 14.7. The second-order valence-corrected chi connectivity index (χ2v) is 7.41. The average molecular weight is 435 g/mol. The highest BCUT2D eigenvalue weighted by atomic mass is 19.4. The average Bonchev–Trinajstić information content (AvgIpc) is 2.72. The van der Waals surface area contributed by atoms with Crippen LogP contribution in [0.4, 0.5) is 29.5 Å². The van der Waals surface area contributed by atoms with Crippen LogP contribution >= 0.6 is 0 Å². The van der Waals surface area contributed by atoms with Gasteiger partial charge < -0.3 is 20.9 Å². The van der Waals surface area contributed by atoms with Gasteiger partial charge in [-0.1, -0.05) is 12.1 Å². The number of benzene rings is 1. The van der Waals surface area contributed by atoms with Crippen LogP contribution in [0.25, 0.3) is 0 Å². The Hall–Kier alpha value is -3.30. The van der Waals surface area contributed by atoms with Crippen molar-refractivity contribution in [2.75, 3.05) is 29.9 Å². The summed E-state index contributed by atoms with van der Waals surface area (Å²) in [5.41, 5.74) is 0.868. The van der Waals surface area contributed by atoms with E-state index in [1.807, 2.05) is 30.0 Å². The Kier molecular flexibility index (Phi) is 6.98. The summed E-state index contributed by atoms with van der Waals surface area (Å²) in [6.45, 7) is 2.88. The molecule has 0 radical (unpaired) electrons. The molecule has 1 aliphatic heterocycles. The van der Waals surface area contributed by atoms with Crippen LogP contribution in [0.15, 0.2) is 42.6 Å². The fourth-order valence-corrected chi connectivity index (χ4v) is 3.33. The third kappa shape index (κ3) is 6.59. The number of aryl methyl sites for hydroxylation is 1. The van der Waals surface area contributed by atoms with Gasteiger partial charge in [-0.15, -0.1) is 0 Å². The highest BCUT2D eigenvalue weighted by Gasteiger charge is 2.31. The van der Waals surface area contributed by atoms with E-state index in [0.717, 1.165) is 17.8 Å². The number of nitrogens with zero attached hydrogens (tertiary/aromatic N) is 2. The largest absolute Gasteiger partial charge is 0.417 e. The molecular weight excluding hydrogens is 411 g/mol. The molecule has 0 saturated carbocycles. The van der Waals surface area contributed by atoms with E-state index in [1.165, 1.54) is 6.07 Å². The zero-order chi connectivity index (χ0) is 22.4. The Labute approximate surface area is 178 Å². The molecule has 2 heterocycles. The van der Waals surface area contributed by atoms with Gasteiger partial charge in [-0.25, -0.2) is 9.78 Å². The maximum atomic E-state index is 12.6. The highest BCUT2D eigenvalue weighted by Crippen LogP contribution is 2.29. The van der Waals surface area contributed by atoms with Crippen LogP contribution in [0.2, 0.25) is 0 Å². The Morgan fingerprint density at radius 3 is 2.52 bits per heavy atom. The molecule has 0 bridgehead atoms. The summed E-state index contributed by atoms with van der Waals surface area (Å²) < 4.78 is 37.9. The van der Waals surface area contributed by atoms with Crippen molar-refractivity contribution in [1.29, 1.82) is 0 Å². The molecule has 0 aliphatic carbocycles. The van der Waals surface area contributed by atoms with Crippen molar-refractivity contribution in [3.05, 3.63) is 53.7 Å². The number of halogens is 3.